The Kier molecular flexibility index (Phi) is 4.99. The number of hydrogen-bond donors (Lipinski definition) is 0. The van der Waals surface area contributed by atoms with E-state index in [-0.39, 0.29) is 5.54 Å². The van der Waals surface area contributed by atoms with Gasteiger partial charge in [-0.1, -0.05) is 12.1 Å². The topological polar surface area (TPSA) is 63.3 Å². The minimum Gasteiger partial charge on any atom is -0.497 e. The van der Waals surface area contributed by atoms with E-state index in [0.29, 0.717) is 0 Å². The number of piperidine rings is 2. The fourth-order valence-corrected chi connectivity index (χ4v) is 4.19. The molecule has 0 saturated carbocycles. The Hall–Kier alpha value is -2.08. The van der Waals surface area contributed by atoms with Gasteiger partial charge in [-0.05, 0) is 50.4 Å². The molecule has 2 fully saturated rings. The highest BCUT2D eigenvalue weighted by atomic mass is 16.5. The van der Waals surface area contributed by atoms with Crippen LogP contribution in [0.1, 0.15) is 31.2 Å². The van der Waals surface area contributed by atoms with Crippen LogP contribution in [-0.4, -0.2) is 55.7 Å². The summed E-state index contributed by atoms with van der Waals surface area (Å²) in [6.45, 7) is 3.51. The first-order valence-corrected chi connectivity index (χ1v) is 8.98. The molecule has 2 saturated heterocycles. The molecule has 0 aromatic heterocycles. The lowest BCUT2D eigenvalue weighted by Gasteiger charge is -2.48. The summed E-state index contributed by atoms with van der Waals surface area (Å²) < 4.78 is 5.33. The highest BCUT2D eigenvalue weighted by molar-refractivity contribution is 5.39. The van der Waals surface area contributed by atoms with Crippen molar-refractivity contribution in [3.63, 3.8) is 0 Å². The molecule has 5 heteroatoms. The molecule has 0 unspecified atom stereocenters. The van der Waals surface area contributed by atoms with Crippen molar-refractivity contribution in [3.05, 3.63) is 29.8 Å². The van der Waals surface area contributed by atoms with Crippen LogP contribution in [-0.2, 0) is 5.41 Å². The van der Waals surface area contributed by atoms with E-state index >= 15 is 0 Å². The number of nitrogens with zero attached hydrogens (tertiary/aromatic N) is 4. The summed E-state index contributed by atoms with van der Waals surface area (Å²) in [5.41, 5.74) is 0.193. The Morgan fingerprint density at radius 3 is 2.24 bits per heavy atom. The summed E-state index contributed by atoms with van der Waals surface area (Å²) in [4.78, 5) is 4.62. The maximum atomic E-state index is 9.93. The third-order valence-corrected chi connectivity index (χ3v) is 6.08. The Morgan fingerprint density at radius 1 is 1.00 bits per heavy atom. The van der Waals surface area contributed by atoms with E-state index < -0.39 is 5.41 Å². The molecule has 0 spiro atoms. The monoisotopic (exact) mass is 338 g/mol. The smallest absolute Gasteiger partial charge is 0.119 e. The molecule has 1 aromatic carbocycles. The third-order valence-electron chi connectivity index (χ3n) is 6.08. The maximum absolute atomic E-state index is 9.93. The first-order chi connectivity index (χ1) is 12.1. The lowest BCUT2D eigenvalue weighted by Crippen LogP contribution is -2.57. The molecule has 0 bridgehead atoms. The van der Waals surface area contributed by atoms with E-state index in [4.69, 9.17) is 4.74 Å². The first kappa shape index (κ1) is 17.7. The Morgan fingerprint density at radius 2 is 1.68 bits per heavy atom. The van der Waals surface area contributed by atoms with Crippen molar-refractivity contribution >= 4 is 0 Å². The quantitative estimate of drug-likeness (QED) is 0.847. The molecule has 0 radical (unpaired) electrons. The van der Waals surface area contributed by atoms with E-state index in [1.165, 1.54) is 0 Å². The number of ether oxygens (including phenoxy) is 1. The molecule has 0 aliphatic carbocycles. The van der Waals surface area contributed by atoms with E-state index in [1.54, 1.807) is 7.11 Å². The molecule has 0 N–H and O–H groups in total. The number of rotatable bonds is 3. The van der Waals surface area contributed by atoms with Crippen LogP contribution in [0.25, 0.3) is 0 Å². The number of methoxy groups -OCH3 is 1. The van der Waals surface area contributed by atoms with Gasteiger partial charge in [0.1, 0.15) is 11.3 Å². The van der Waals surface area contributed by atoms with Crippen LogP contribution in [0.4, 0.5) is 0 Å². The molecule has 2 aliphatic heterocycles. The number of benzene rings is 1. The van der Waals surface area contributed by atoms with Crippen LogP contribution in [0, 0.1) is 22.7 Å². The molecule has 0 atom stereocenters. The molecular formula is C20H26N4O. The van der Waals surface area contributed by atoms with E-state index in [2.05, 4.69) is 29.0 Å². The van der Waals surface area contributed by atoms with E-state index in [0.717, 1.165) is 63.2 Å². The van der Waals surface area contributed by atoms with E-state index in [9.17, 15) is 10.5 Å². The van der Waals surface area contributed by atoms with Gasteiger partial charge < -0.3 is 9.64 Å². The van der Waals surface area contributed by atoms with Gasteiger partial charge in [0.15, 0.2) is 0 Å². The summed E-state index contributed by atoms with van der Waals surface area (Å²) in [6, 6.07) is 13.0. The van der Waals surface area contributed by atoms with Crippen molar-refractivity contribution < 1.29 is 4.74 Å². The number of hydrogen-bond acceptors (Lipinski definition) is 5. The Balaban J connectivity index is 1.77. The molecular weight excluding hydrogens is 312 g/mol. The zero-order valence-corrected chi connectivity index (χ0v) is 15.2. The molecule has 25 heavy (non-hydrogen) atoms. The van der Waals surface area contributed by atoms with Gasteiger partial charge in [0.05, 0.1) is 24.7 Å². The molecule has 2 aliphatic rings. The van der Waals surface area contributed by atoms with Crippen molar-refractivity contribution in [1.82, 2.24) is 9.80 Å². The van der Waals surface area contributed by atoms with Gasteiger partial charge in [0, 0.05) is 26.2 Å². The minimum atomic E-state index is -0.479. The largest absolute Gasteiger partial charge is 0.497 e. The minimum absolute atomic E-state index is 0.359. The SMILES string of the molecule is COc1cccc(C2(C#N)CCN(C3(C#N)CCN(C)CC3)CC2)c1. The zero-order valence-electron chi connectivity index (χ0n) is 15.2. The Labute approximate surface area is 150 Å². The summed E-state index contributed by atoms with van der Waals surface area (Å²) in [5, 5.41) is 19.8. The molecule has 132 valence electrons. The summed E-state index contributed by atoms with van der Waals surface area (Å²) >= 11 is 0. The van der Waals surface area contributed by atoms with Gasteiger partial charge in [-0.15, -0.1) is 0 Å². The predicted molar refractivity (Wildman–Crippen MR) is 96.2 cm³/mol. The van der Waals surface area contributed by atoms with Gasteiger partial charge in [-0.25, -0.2) is 0 Å². The second-order valence-corrected chi connectivity index (χ2v) is 7.36. The van der Waals surface area contributed by atoms with Crippen molar-refractivity contribution in [1.29, 1.82) is 10.5 Å². The molecule has 5 nitrogen and oxygen atoms in total. The zero-order chi connectivity index (χ0) is 17.9. The number of nitriles is 2. The molecule has 1 aromatic rings. The molecule has 2 heterocycles. The van der Waals surface area contributed by atoms with Crippen LogP contribution in [0.15, 0.2) is 24.3 Å². The average Bonchev–Trinajstić information content (AvgIpc) is 2.69. The van der Waals surface area contributed by atoms with Crippen LogP contribution in [0.5, 0.6) is 5.75 Å². The fraction of sp³-hybridized carbons (Fsp3) is 0.600. The van der Waals surface area contributed by atoms with Gasteiger partial charge in [0.2, 0.25) is 0 Å². The first-order valence-electron chi connectivity index (χ1n) is 8.98. The van der Waals surface area contributed by atoms with Gasteiger partial charge in [-0.3, -0.25) is 4.90 Å². The van der Waals surface area contributed by atoms with Crippen molar-refractivity contribution in [2.45, 2.75) is 36.6 Å². The van der Waals surface area contributed by atoms with Crippen LogP contribution >= 0.6 is 0 Å². The third kappa shape index (κ3) is 3.23. The van der Waals surface area contributed by atoms with E-state index in [1.807, 2.05) is 24.3 Å². The van der Waals surface area contributed by atoms with Crippen molar-refractivity contribution in [2.24, 2.45) is 0 Å². The lowest BCUT2D eigenvalue weighted by atomic mass is 9.72. The Bertz CT molecular complexity index is 686. The normalized spacial score (nSPS) is 23.4. The maximum Gasteiger partial charge on any atom is 0.119 e. The van der Waals surface area contributed by atoms with Gasteiger partial charge in [-0.2, -0.15) is 10.5 Å². The summed E-state index contributed by atoms with van der Waals surface area (Å²) in [7, 11) is 3.76. The second kappa shape index (κ2) is 7.04. The highest BCUT2D eigenvalue weighted by Crippen LogP contribution is 2.40. The second-order valence-electron chi connectivity index (χ2n) is 7.36. The predicted octanol–water partition coefficient (Wildman–Crippen LogP) is 2.54. The van der Waals surface area contributed by atoms with Crippen molar-refractivity contribution in [2.75, 3.05) is 40.3 Å². The molecule has 0 amide bonds. The lowest BCUT2D eigenvalue weighted by molar-refractivity contribution is 0.0415. The van der Waals surface area contributed by atoms with Gasteiger partial charge in [0.25, 0.3) is 0 Å². The number of likely N-dealkylation sites (tertiary alicyclic amines) is 2. The molecule has 3 rings (SSSR count). The highest BCUT2D eigenvalue weighted by Gasteiger charge is 2.45. The van der Waals surface area contributed by atoms with Gasteiger partial charge >= 0.3 is 0 Å². The summed E-state index contributed by atoms with van der Waals surface area (Å²) in [6.07, 6.45) is 3.29. The van der Waals surface area contributed by atoms with Crippen LogP contribution in [0.2, 0.25) is 0 Å². The van der Waals surface area contributed by atoms with Crippen LogP contribution in [0.3, 0.4) is 0 Å². The fourth-order valence-electron chi connectivity index (χ4n) is 4.19. The average molecular weight is 338 g/mol. The van der Waals surface area contributed by atoms with Crippen molar-refractivity contribution in [3.8, 4) is 17.9 Å². The summed E-state index contributed by atoms with van der Waals surface area (Å²) in [5.74, 6) is 0.790. The standard InChI is InChI=1S/C20H26N4O/c1-23-10-8-20(16-22,9-11-23)24-12-6-19(15-21,7-13-24)17-4-3-5-18(14-17)25-2/h3-5,14H,6-13H2,1-2H3. The van der Waals surface area contributed by atoms with Crippen LogP contribution < -0.4 is 4.74 Å².